The van der Waals surface area contributed by atoms with Crippen LogP contribution in [-0.4, -0.2) is 62.5 Å². The lowest BCUT2D eigenvalue weighted by Gasteiger charge is -2.33. The molecule has 33 heavy (non-hydrogen) atoms. The number of benzene rings is 1. The van der Waals surface area contributed by atoms with Gasteiger partial charge in [0.1, 0.15) is 11.5 Å². The maximum Gasteiger partial charge on any atom is 0.229 e. The van der Waals surface area contributed by atoms with Crippen molar-refractivity contribution in [2.75, 3.05) is 43.8 Å². The van der Waals surface area contributed by atoms with Gasteiger partial charge in [-0.15, -0.1) is 0 Å². The number of nitrogens with one attached hydrogen (secondary N) is 1. The number of likely N-dealkylation sites (N-methyl/N-ethyl adjacent to an activating group) is 1. The maximum atomic E-state index is 14.6. The SMILES string of the molecule is CCN1CCN(Cc2ccc(Nc3ncc(F)c(-c4cccc5sc(N)nc45)n3)nc2)CC1. The highest BCUT2D eigenvalue weighted by molar-refractivity contribution is 7.22. The summed E-state index contributed by atoms with van der Waals surface area (Å²) in [5.74, 6) is 0.344. The van der Waals surface area contributed by atoms with Crippen molar-refractivity contribution in [3.8, 4) is 11.3 Å². The molecule has 0 unspecified atom stereocenters. The summed E-state index contributed by atoms with van der Waals surface area (Å²) in [4.78, 5) is 22.2. The second-order valence-electron chi connectivity index (χ2n) is 7.98. The van der Waals surface area contributed by atoms with Crippen LogP contribution in [0.1, 0.15) is 12.5 Å². The number of hydrogen-bond donors (Lipinski definition) is 2. The molecule has 0 atom stereocenters. The molecule has 3 aromatic heterocycles. The zero-order valence-corrected chi connectivity index (χ0v) is 19.1. The summed E-state index contributed by atoms with van der Waals surface area (Å²) < 4.78 is 15.5. The summed E-state index contributed by atoms with van der Waals surface area (Å²) in [6, 6.07) is 9.47. The van der Waals surface area contributed by atoms with Gasteiger partial charge in [-0.05, 0) is 24.2 Å². The molecule has 5 rings (SSSR count). The molecular formula is C23H25FN8S. The van der Waals surface area contributed by atoms with Crippen molar-refractivity contribution < 1.29 is 4.39 Å². The molecule has 4 aromatic rings. The summed E-state index contributed by atoms with van der Waals surface area (Å²) in [7, 11) is 0. The van der Waals surface area contributed by atoms with Crippen LogP contribution in [0.15, 0.2) is 42.7 Å². The summed E-state index contributed by atoms with van der Waals surface area (Å²) in [5.41, 5.74) is 8.38. The minimum absolute atomic E-state index is 0.172. The third-order valence-electron chi connectivity index (χ3n) is 5.82. The lowest BCUT2D eigenvalue weighted by molar-refractivity contribution is 0.132. The number of fused-ring (bicyclic) bond motifs is 1. The van der Waals surface area contributed by atoms with Crippen molar-refractivity contribution in [3.05, 3.63) is 54.1 Å². The summed E-state index contributed by atoms with van der Waals surface area (Å²) in [5, 5.41) is 3.51. The van der Waals surface area contributed by atoms with Crippen molar-refractivity contribution in [2.24, 2.45) is 0 Å². The molecule has 1 aliphatic rings. The van der Waals surface area contributed by atoms with E-state index < -0.39 is 5.82 Å². The van der Waals surface area contributed by atoms with Crippen LogP contribution >= 0.6 is 11.3 Å². The predicted molar refractivity (Wildman–Crippen MR) is 130 cm³/mol. The predicted octanol–water partition coefficient (Wildman–Crippen LogP) is 3.75. The quantitative estimate of drug-likeness (QED) is 0.445. The first kappa shape index (κ1) is 21.6. The van der Waals surface area contributed by atoms with E-state index in [1.165, 1.54) is 11.3 Å². The number of para-hydroxylation sites is 1. The molecule has 3 N–H and O–H groups in total. The molecule has 1 saturated heterocycles. The summed E-state index contributed by atoms with van der Waals surface area (Å²) in [6.45, 7) is 8.53. The van der Waals surface area contributed by atoms with Crippen LogP contribution in [0.25, 0.3) is 21.5 Å². The van der Waals surface area contributed by atoms with Crippen molar-refractivity contribution in [2.45, 2.75) is 13.5 Å². The average molecular weight is 465 g/mol. The zero-order valence-electron chi connectivity index (χ0n) is 18.3. The van der Waals surface area contributed by atoms with E-state index in [9.17, 15) is 4.39 Å². The average Bonchev–Trinajstić information content (AvgIpc) is 3.22. The second kappa shape index (κ2) is 9.34. The number of rotatable bonds is 6. The van der Waals surface area contributed by atoms with Crippen LogP contribution in [0, 0.1) is 5.82 Å². The lowest BCUT2D eigenvalue weighted by atomic mass is 10.1. The molecular weight excluding hydrogens is 439 g/mol. The molecule has 0 aliphatic carbocycles. The minimum Gasteiger partial charge on any atom is -0.375 e. The molecule has 1 fully saturated rings. The van der Waals surface area contributed by atoms with Gasteiger partial charge >= 0.3 is 0 Å². The fraction of sp³-hybridized carbons (Fsp3) is 0.304. The molecule has 0 saturated carbocycles. The third-order valence-corrected chi connectivity index (χ3v) is 6.67. The number of nitrogens with two attached hydrogens (primary N) is 1. The Bertz CT molecular complexity index is 1250. The number of nitrogen functional groups attached to an aromatic ring is 1. The lowest BCUT2D eigenvalue weighted by Crippen LogP contribution is -2.45. The Hall–Kier alpha value is -3.21. The van der Waals surface area contributed by atoms with Gasteiger partial charge < -0.3 is 16.0 Å². The Balaban J connectivity index is 1.31. The highest BCUT2D eigenvalue weighted by Crippen LogP contribution is 2.33. The van der Waals surface area contributed by atoms with E-state index >= 15 is 0 Å². The van der Waals surface area contributed by atoms with Gasteiger partial charge in [-0.3, -0.25) is 4.90 Å². The molecule has 170 valence electrons. The van der Waals surface area contributed by atoms with E-state index in [0.717, 1.165) is 55.7 Å². The second-order valence-corrected chi connectivity index (χ2v) is 9.04. The van der Waals surface area contributed by atoms with Crippen LogP contribution in [0.5, 0.6) is 0 Å². The number of hydrogen-bond acceptors (Lipinski definition) is 9. The molecule has 0 amide bonds. The Morgan fingerprint density at radius 1 is 1.03 bits per heavy atom. The number of nitrogens with zero attached hydrogens (tertiary/aromatic N) is 6. The molecule has 8 nitrogen and oxygen atoms in total. The Morgan fingerprint density at radius 3 is 2.61 bits per heavy atom. The largest absolute Gasteiger partial charge is 0.375 e. The van der Waals surface area contributed by atoms with Gasteiger partial charge in [0.2, 0.25) is 5.95 Å². The van der Waals surface area contributed by atoms with E-state index in [4.69, 9.17) is 5.73 Å². The van der Waals surface area contributed by atoms with Gasteiger partial charge in [0, 0.05) is 44.5 Å². The molecule has 0 spiro atoms. The number of halogens is 1. The van der Waals surface area contributed by atoms with Crippen LogP contribution in [0.3, 0.4) is 0 Å². The van der Waals surface area contributed by atoms with Crippen molar-refractivity contribution in [3.63, 3.8) is 0 Å². The van der Waals surface area contributed by atoms with Crippen molar-refractivity contribution >= 4 is 38.5 Å². The highest BCUT2D eigenvalue weighted by atomic mass is 32.1. The summed E-state index contributed by atoms with van der Waals surface area (Å²) >= 11 is 1.36. The van der Waals surface area contributed by atoms with Gasteiger partial charge in [-0.2, -0.15) is 0 Å². The van der Waals surface area contributed by atoms with Crippen LogP contribution in [0.4, 0.5) is 21.3 Å². The standard InChI is InChI=1S/C23H25FN8S/c1-2-31-8-10-32(11-9-31)14-15-6-7-19(26-12-15)28-23-27-13-17(24)20(30-23)16-4-3-5-18-21(16)29-22(25)33-18/h3-7,12-13H,2,8-11,14H2,1H3,(H2,25,29)(H,26,27,28,30). The molecule has 0 bridgehead atoms. The van der Waals surface area contributed by atoms with Crippen LogP contribution in [-0.2, 0) is 6.54 Å². The molecule has 4 heterocycles. The number of pyridine rings is 1. The number of piperazine rings is 1. The van der Waals surface area contributed by atoms with Crippen molar-refractivity contribution in [1.82, 2.24) is 29.7 Å². The van der Waals surface area contributed by atoms with Gasteiger partial charge in [0.15, 0.2) is 10.9 Å². The van der Waals surface area contributed by atoms with Crippen molar-refractivity contribution in [1.29, 1.82) is 0 Å². The Labute approximate surface area is 195 Å². The fourth-order valence-electron chi connectivity index (χ4n) is 4.00. The van der Waals surface area contributed by atoms with Gasteiger partial charge in [0.05, 0.1) is 16.4 Å². The van der Waals surface area contributed by atoms with E-state index in [2.05, 4.69) is 42.0 Å². The highest BCUT2D eigenvalue weighted by Gasteiger charge is 2.17. The molecule has 1 aromatic carbocycles. The first-order valence-corrected chi connectivity index (χ1v) is 11.8. The number of anilines is 3. The Morgan fingerprint density at radius 2 is 1.85 bits per heavy atom. The topological polar surface area (TPSA) is 96.1 Å². The monoisotopic (exact) mass is 464 g/mol. The smallest absolute Gasteiger partial charge is 0.229 e. The first-order chi connectivity index (χ1) is 16.1. The first-order valence-electron chi connectivity index (χ1n) is 10.9. The number of thiazole rings is 1. The molecule has 10 heteroatoms. The van der Waals surface area contributed by atoms with E-state index in [1.807, 2.05) is 30.5 Å². The van der Waals surface area contributed by atoms with Gasteiger partial charge in [-0.25, -0.2) is 24.3 Å². The fourth-order valence-corrected chi connectivity index (χ4v) is 4.76. The van der Waals surface area contributed by atoms with E-state index in [0.29, 0.717) is 22.0 Å². The Kier molecular flexibility index (Phi) is 6.12. The van der Waals surface area contributed by atoms with E-state index in [1.54, 1.807) is 6.07 Å². The third kappa shape index (κ3) is 4.77. The molecule has 1 aliphatic heterocycles. The normalized spacial score (nSPS) is 15.2. The summed E-state index contributed by atoms with van der Waals surface area (Å²) in [6.07, 6.45) is 3.02. The van der Waals surface area contributed by atoms with E-state index in [-0.39, 0.29) is 11.6 Å². The maximum absolute atomic E-state index is 14.6. The van der Waals surface area contributed by atoms with Crippen LogP contribution in [0.2, 0.25) is 0 Å². The minimum atomic E-state index is -0.522. The number of aromatic nitrogens is 4. The van der Waals surface area contributed by atoms with Gasteiger partial charge in [-0.1, -0.05) is 36.5 Å². The van der Waals surface area contributed by atoms with Gasteiger partial charge in [0.25, 0.3) is 0 Å². The van der Waals surface area contributed by atoms with Crippen LogP contribution < -0.4 is 11.1 Å². The molecule has 0 radical (unpaired) electrons. The zero-order chi connectivity index (χ0) is 22.8.